The summed E-state index contributed by atoms with van der Waals surface area (Å²) < 4.78 is 11.0. The Morgan fingerprint density at radius 1 is 1.04 bits per heavy atom. The van der Waals surface area contributed by atoms with Crippen molar-refractivity contribution in [1.82, 2.24) is 0 Å². The molecule has 1 aliphatic heterocycles. The Kier molecular flexibility index (Phi) is 6.27. The van der Waals surface area contributed by atoms with Gasteiger partial charge in [0.1, 0.15) is 11.9 Å². The minimum atomic E-state index is -0.243. The number of cyclic esters (lactones) is 1. The fourth-order valence-corrected chi connectivity index (χ4v) is 3.12. The first-order valence-corrected chi connectivity index (χ1v) is 9.28. The number of benzene rings is 2. The Labute approximate surface area is 160 Å². The average molecular weight is 361 g/mol. The number of nitrogens with zero attached hydrogens (tertiary/aromatic N) is 1. The minimum absolute atomic E-state index is 0.0145. The van der Waals surface area contributed by atoms with Gasteiger partial charge in [-0.15, -0.1) is 0 Å². The van der Waals surface area contributed by atoms with Gasteiger partial charge in [-0.3, -0.25) is 0 Å². The van der Waals surface area contributed by atoms with Crippen LogP contribution in [0.25, 0.3) is 11.1 Å². The Balaban J connectivity index is 1.36. The van der Waals surface area contributed by atoms with Gasteiger partial charge >= 0.3 is 5.97 Å². The minimum Gasteiger partial charge on any atom is -0.494 e. The Morgan fingerprint density at radius 3 is 2.30 bits per heavy atom. The molecule has 0 aliphatic carbocycles. The van der Waals surface area contributed by atoms with Crippen molar-refractivity contribution >= 4 is 5.97 Å². The van der Waals surface area contributed by atoms with Crippen LogP contribution in [-0.2, 0) is 9.53 Å². The second-order valence-electron chi connectivity index (χ2n) is 6.75. The third-order valence-electron chi connectivity index (χ3n) is 4.68. The van der Waals surface area contributed by atoms with Gasteiger partial charge in [0.05, 0.1) is 18.2 Å². The molecule has 0 aromatic heterocycles. The molecule has 4 nitrogen and oxygen atoms in total. The molecule has 1 unspecified atom stereocenters. The molecule has 0 radical (unpaired) electrons. The summed E-state index contributed by atoms with van der Waals surface area (Å²) in [5.41, 5.74) is 3.43. The fourth-order valence-electron chi connectivity index (χ4n) is 3.12. The summed E-state index contributed by atoms with van der Waals surface area (Å²) in [6.45, 7) is 4.38. The lowest BCUT2D eigenvalue weighted by Gasteiger charge is -2.09. The maximum absolute atomic E-state index is 11.3. The first-order chi connectivity index (χ1) is 13.2. The van der Waals surface area contributed by atoms with Crippen LogP contribution in [0, 0.1) is 11.3 Å². The van der Waals surface area contributed by atoms with Gasteiger partial charge in [-0.25, -0.2) is 4.79 Å². The van der Waals surface area contributed by atoms with Gasteiger partial charge in [-0.1, -0.05) is 30.8 Å². The number of esters is 1. The van der Waals surface area contributed by atoms with Crippen LogP contribution in [0.15, 0.2) is 60.7 Å². The number of ether oxygens (including phenoxy) is 2. The van der Waals surface area contributed by atoms with E-state index in [2.05, 4.69) is 12.6 Å². The number of nitriles is 1. The zero-order chi connectivity index (χ0) is 19.1. The largest absolute Gasteiger partial charge is 0.494 e. The highest BCUT2D eigenvalue weighted by molar-refractivity contribution is 5.89. The van der Waals surface area contributed by atoms with Crippen molar-refractivity contribution in [3.63, 3.8) is 0 Å². The number of hydrogen-bond acceptors (Lipinski definition) is 4. The molecule has 0 bridgehead atoms. The zero-order valence-corrected chi connectivity index (χ0v) is 15.3. The third kappa shape index (κ3) is 5.21. The van der Waals surface area contributed by atoms with E-state index in [9.17, 15) is 4.79 Å². The van der Waals surface area contributed by atoms with Crippen molar-refractivity contribution in [3.05, 3.63) is 66.2 Å². The average Bonchev–Trinajstić information content (AvgIpc) is 3.02. The first-order valence-electron chi connectivity index (χ1n) is 9.28. The Bertz CT molecular complexity index is 815. The maximum Gasteiger partial charge on any atom is 0.333 e. The SMILES string of the molecule is C=C1CC(CCCCCOc2ccc(-c3ccc(C#N)cc3)cc2)OC1=O. The van der Waals surface area contributed by atoms with Crippen LogP contribution in [0.1, 0.15) is 37.7 Å². The number of carbonyl (C=O) groups is 1. The van der Waals surface area contributed by atoms with Crippen molar-refractivity contribution in [2.75, 3.05) is 6.61 Å². The van der Waals surface area contributed by atoms with Crippen LogP contribution in [-0.4, -0.2) is 18.7 Å². The Hall–Kier alpha value is -3.06. The topological polar surface area (TPSA) is 59.3 Å². The number of carbonyl (C=O) groups excluding carboxylic acids is 1. The summed E-state index contributed by atoms with van der Waals surface area (Å²) >= 11 is 0. The van der Waals surface area contributed by atoms with Crippen LogP contribution in [0.4, 0.5) is 0 Å². The predicted octanol–water partition coefficient (Wildman–Crippen LogP) is 5.04. The molecule has 138 valence electrons. The first kappa shape index (κ1) is 18.7. The zero-order valence-electron chi connectivity index (χ0n) is 15.3. The van der Waals surface area contributed by atoms with Crippen molar-refractivity contribution in [1.29, 1.82) is 5.26 Å². The lowest BCUT2D eigenvalue weighted by atomic mass is 10.0. The maximum atomic E-state index is 11.3. The van der Waals surface area contributed by atoms with Gasteiger partial charge < -0.3 is 9.47 Å². The second kappa shape index (κ2) is 9.05. The van der Waals surface area contributed by atoms with Crippen molar-refractivity contribution in [2.45, 2.75) is 38.2 Å². The van der Waals surface area contributed by atoms with Gasteiger partial charge in [0.2, 0.25) is 0 Å². The summed E-state index contributed by atoms with van der Waals surface area (Å²) in [6, 6.07) is 17.7. The molecule has 2 aromatic carbocycles. The van der Waals surface area contributed by atoms with E-state index < -0.39 is 0 Å². The molecule has 1 saturated heterocycles. The molecule has 27 heavy (non-hydrogen) atoms. The van der Waals surface area contributed by atoms with Gasteiger partial charge in [0, 0.05) is 12.0 Å². The molecule has 0 amide bonds. The molecule has 0 spiro atoms. The van der Waals surface area contributed by atoms with E-state index in [1.807, 2.05) is 48.5 Å². The molecule has 4 heteroatoms. The van der Waals surface area contributed by atoms with Gasteiger partial charge in [0.25, 0.3) is 0 Å². The Morgan fingerprint density at radius 2 is 1.70 bits per heavy atom. The molecular formula is C23H23NO3. The molecule has 1 aliphatic rings. The second-order valence-corrected chi connectivity index (χ2v) is 6.75. The number of hydrogen-bond donors (Lipinski definition) is 0. The monoisotopic (exact) mass is 361 g/mol. The number of rotatable bonds is 8. The quantitative estimate of drug-likeness (QED) is 0.376. The highest BCUT2D eigenvalue weighted by atomic mass is 16.5. The van der Waals surface area contributed by atoms with E-state index in [0.717, 1.165) is 42.6 Å². The summed E-state index contributed by atoms with van der Waals surface area (Å²) in [6.07, 6.45) is 4.61. The summed E-state index contributed by atoms with van der Waals surface area (Å²) in [7, 11) is 0. The van der Waals surface area contributed by atoms with Crippen molar-refractivity contribution in [3.8, 4) is 22.9 Å². The lowest BCUT2D eigenvalue weighted by molar-refractivity contribution is -0.139. The molecule has 1 heterocycles. The standard InChI is InChI=1S/C23H23NO3/c1-17-15-22(27-23(17)25)5-3-2-4-14-26-21-12-10-20(11-13-21)19-8-6-18(16-24)7-9-19/h6-13,22H,1-5,14-15H2. The molecule has 0 saturated carbocycles. The van der Waals surface area contributed by atoms with E-state index in [1.165, 1.54) is 0 Å². The number of unbranched alkanes of at least 4 members (excludes halogenated alkanes) is 2. The highest BCUT2D eigenvalue weighted by Gasteiger charge is 2.26. The van der Waals surface area contributed by atoms with E-state index in [-0.39, 0.29) is 12.1 Å². The van der Waals surface area contributed by atoms with E-state index >= 15 is 0 Å². The smallest absolute Gasteiger partial charge is 0.333 e. The summed E-state index contributed by atoms with van der Waals surface area (Å²) in [4.78, 5) is 11.3. The lowest BCUT2D eigenvalue weighted by Crippen LogP contribution is -2.06. The van der Waals surface area contributed by atoms with Crippen LogP contribution in [0.2, 0.25) is 0 Å². The third-order valence-corrected chi connectivity index (χ3v) is 4.68. The normalized spacial score (nSPS) is 16.0. The van der Waals surface area contributed by atoms with E-state index in [1.54, 1.807) is 0 Å². The van der Waals surface area contributed by atoms with Crippen LogP contribution in [0.5, 0.6) is 5.75 Å². The molecule has 1 atom stereocenters. The van der Waals surface area contributed by atoms with Crippen molar-refractivity contribution in [2.24, 2.45) is 0 Å². The molecular weight excluding hydrogens is 338 g/mol. The molecule has 2 aromatic rings. The molecule has 3 rings (SSSR count). The van der Waals surface area contributed by atoms with Gasteiger partial charge in [0.15, 0.2) is 0 Å². The van der Waals surface area contributed by atoms with Gasteiger partial charge in [-0.05, 0) is 61.1 Å². The fraction of sp³-hybridized carbons (Fsp3) is 0.304. The van der Waals surface area contributed by atoms with Crippen molar-refractivity contribution < 1.29 is 14.3 Å². The van der Waals surface area contributed by atoms with Crippen LogP contribution >= 0.6 is 0 Å². The molecule has 1 fully saturated rings. The summed E-state index contributed by atoms with van der Waals surface area (Å²) in [5.74, 6) is 0.612. The summed E-state index contributed by atoms with van der Waals surface area (Å²) in [5, 5.41) is 8.86. The highest BCUT2D eigenvalue weighted by Crippen LogP contribution is 2.24. The van der Waals surface area contributed by atoms with E-state index in [0.29, 0.717) is 24.2 Å². The van der Waals surface area contributed by atoms with Crippen LogP contribution in [0.3, 0.4) is 0 Å². The van der Waals surface area contributed by atoms with Crippen LogP contribution < -0.4 is 4.74 Å². The van der Waals surface area contributed by atoms with E-state index in [4.69, 9.17) is 14.7 Å². The molecule has 0 N–H and O–H groups in total. The predicted molar refractivity (Wildman–Crippen MR) is 104 cm³/mol. The van der Waals surface area contributed by atoms with Gasteiger partial charge in [-0.2, -0.15) is 5.26 Å².